The molecule has 1 aliphatic heterocycles. The number of hydrogen-bond donors (Lipinski definition) is 2. The van der Waals surface area contributed by atoms with E-state index in [1.54, 1.807) is 0 Å². The minimum atomic E-state index is -0.483. The number of piperidine rings is 1. The molecule has 0 aromatic heterocycles. The number of ether oxygens (including phenoxy) is 2. The van der Waals surface area contributed by atoms with Gasteiger partial charge in [-0.15, -0.1) is 0 Å². The first kappa shape index (κ1) is 31.3. The average Bonchev–Trinajstić information content (AvgIpc) is 3.01. The predicted octanol–water partition coefficient (Wildman–Crippen LogP) is 6.25. The Labute approximate surface area is 250 Å². The Hall–Kier alpha value is -2.61. The van der Waals surface area contributed by atoms with Gasteiger partial charge in [-0.3, -0.25) is 4.79 Å². The van der Waals surface area contributed by atoms with Gasteiger partial charge in [0.1, 0.15) is 0 Å². The lowest BCUT2D eigenvalue weighted by Crippen LogP contribution is -2.45. The average molecular weight is 584 g/mol. The van der Waals surface area contributed by atoms with Gasteiger partial charge in [-0.2, -0.15) is 0 Å². The summed E-state index contributed by atoms with van der Waals surface area (Å²) < 4.78 is 11.3. The van der Waals surface area contributed by atoms with Crippen molar-refractivity contribution in [1.82, 2.24) is 15.5 Å². The van der Waals surface area contributed by atoms with E-state index in [9.17, 15) is 9.59 Å². The molecule has 7 nitrogen and oxygen atoms in total. The molecular formula is C33H46ClN3O4. The van der Waals surface area contributed by atoms with Crippen molar-refractivity contribution in [2.24, 2.45) is 17.8 Å². The molecule has 1 saturated carbocycles. The second kappa shape index (κ2) is 15.6. The van der Waals surface area contributed by atoms with Crippen LogP contribution in [0.3, 0.4) is 0 Å². The fraction of sp³-hybridized carbons (Fsp3) is 0.576. The molecule has 4 rings (SSSR count). The van der Waals surface area contributed by atoms with Gasteiger partial charge in [0, 0.05) is 42.1 Å². The maximum Gasteiger partial charge on any atom is 0.406 e. The molecule has 2 unspecified atom stereocenters. The zero-order valence-corrected chi connectivity index (χ0v) is 25.6. The van der Waals surface area contributed by atoms with Crippen LogP contribution in [0.5, 0.6) is 0 Å². The summed E-state index contributed by atoms with van der Waals surface area (Å²) in [7, 11) is 3.35. The van der Waals surface area contributed by atoms with Gasteiger partial charge >= 0.3 is 6.09 Å². The summed E-state index contributed by atoms with van der Waals surface area (Å²) in [5.74, 6) is 1.19. The lowest BCUT2D eigenvalue weighted by atomic mass is 9.80. The molecule has 2 aliphatic rings. The molecule has 1 heterocycles. The predicted molar refractivity (Wildman–Crippen MR) is 164 cm³/mol. The summed E-state index contributed by atoms with van der Waals surface area (Å²) in [4.78, 5) is 27.4. The maximum absolute atomic E-state index is 13.7. The second-order valence-electron chi connectivity index (χ2n) is 11.4. The minimum absolute atomic E-state index is 0.109. The van der Waals surface area contributed by atoms with Gasteiger partial charge in [-0.25, -0.2) is 4.79 Å². The normalized spacial score (nSPS) is 21.8. The van der Waals surface area contributed by atoms with Crippen LogP contribution in [-0.2, 0) is 20.7 Å². The summed E-state index contributed by atoms with van der Waals surface area (Å²) in [6, 6.07) is 14.5. The van der Waals surface area contributed by atoms with Crippen LogP contribution >= 0.6 is 11.6 Å². The Balaban J connectivity index is 1.57. The molecular weight excluding hydrogens is 538 g/mol. The molecule has 2 N–H and O–H groups in total. The van der Waals surface area contributed by atoms with Crippen LogP contribution in [0.1, 0.15) is 62.7 Å². The van der Waals surface area contributed by atoms with E-state index in [4.69, 9.17) is 21.1 Å². The highest BCUT2D eigenvalue weighted by Crippen LogP contribution is 2.42. The number of methoxy groups -OCH3 is 1. The van der Waals surface area contributed by atoms with Crippen LogP contribution in [0, 0.1) is 17.8 Å². The van der Waals surface area contributed by atoms with E-state index in [0.29, 0.717) is 36.5 Å². The van der Waals surface area contributed by atoms with Crippen LogP contribution < -0.4 is 10.6 Å². The van der Waals surface area contributed by atoms with Gasteiger partial charge in [-0.05, 0) is 87.2 Å². The van der Waals surface area contributed by atoms with E-state index in [2.05, 4.69) is 52.8 Å². The first-order chi connectivity index (χ1) is 19.9. The lowest BCUT2D eigenvalue weighted by molar-refractivity contribution is -0.140. The van der Waals surface area contributed by atoms with Gasteiger partial charge in [0.05, 0.1) is 19.8 Å². The number of benzene rings is 2. The fourth-order valence-corrected chi connectivity index (χ4v) is 6.83. The molecule has 8 heteroatoms. The van der Waals surface area contributed by atoms with Gasteiger partial charge in [-0.1, -0.05) is 54.9 Å². The third kappa shape index (κ3) is 8.24. The Morgan fingerprint density at radius 3 is 2.61 bits per heavy atom. The van der Waals surface area contributed by atoms with Gasteiger partial charge in [0.2, 0.25) is 5.91 Å². The summed E-state index contributed by atoms with van der Waals surface area (Å²) in [6.07, 6.45) is 6.21. The van der Waals surface area contributed by atoms with Crippen molar-refractivity contribution in [1.29, 1.82) is 0 Å². The molecule has 0 bridgehead atoms. The molecule has 1 aliphatic carbocycles. The Morgan fingerprint density at radius 2 is 1.88 bits per heavy atom. The monoisotopic (exact) mass is 583 g/mol. The fourth-order valence-electron chi connectivity index (χ4n) is 6.54. The number of carbonyl (C=O) groups excluding carboxylic acids is 2. The van der Waals surface area contributed by atoms with Crippen LogP contribution in [-0.4, -0.2) is 63.8 Å². The van der Waals surface area contributed by atoms with Crippen LogP contribution in [0.2, 0.25) is 5.02 Å². The van der Waals surface area contributed by atoms with E-state index < -0.39 is 6.09 Å². The summed E-state index contributed by atoms with van der Waals surface area (Å²) in [6.45, 7) is 5.28. The molecule has 2 atom stereocenters. The number of alkyl carbamates (subject to hydrolysis) is 1. The minimum Gasteiger partial charge on any atom is -0.453 e. The highest BCUT2D eigenvalue weighted by Gasteiger charge is 2.36. The van der Waals surface area contributed by atoms with E-state index in [1.807, 2.05) is 19.2 Å². The third-order valence-electron chi connectivity index (χ3n) is 8.72. The van der Waals surface area contributed by atoms with E-state index in [1.165, 1.54) is 12.7 Å². The van der Waals surface area contributed by atoms with Gasteiger partial charge in [0.15, 0.2) is 0 Å². The Morgan fingerprint density at radius 1 is 1.10 bits per heavy atom. The number of rotatable bonds is 11. The Kier molecular flexibility index (Phi) is 11.9. The standard InChI is InChI=1S/C33H46ClN3O4/c1-4-23-8-5-9-26(20-23)30-28(11-6-12-29(30)34)31(41-19-17-36-33(39)40-3)27-10-7-18-37(22-27)32(38)25-15-13-24(14-16-25)21-35-2/h5-6,8-9,11-12,20,24-25,27,31,35H,4,7,10,13-19,21-22H2,1-3H3,(H,36,39). The number of nitrogens with zero attached hydrogens (tertiary/aromatic N) is 1. The number of amides is 2. The summed E-state index contributed by atoms with van der Waals surface area (Å²) >= 11 is 6.88. The summed E-state index contributed by atoms with van der Waals surface area (Å²) in [5.41, 5.74) is 4.30. The quantitative estimate of drug-likeness (QED) is 0.306. The first-order valence-electron chi connectivity index (χ1n) is 15.2. The molecule has 41 heavy (non-hydrogen) atoms. The number of hydrogen-bond acceptors (Lipinski definition) is 5. The maximum atomic E-state index is 13.7. The van der Waals surface area contributed by atoms with Crippen molar-refractivity contribution in [3.05, 3.63) is 58.6 Å². The van der Waals surface area contributed by atoms with Crippen molar-refractivity contribution < 1.29 is 19.1 Å². The first-order valence-corrected chi connectivity index (χ1v) is 15.6. The van der Waals surface area contributed by atoms with Crippen molar-refractivity contribution in [2.75, 3.05) is 46.9 Å². The van der Waals surface area contributed by atoms with Crippen LogP contribution in [0.25, 0.3) is 11.1 Å². The highest BCUT2D eigenvalue weighted by atomic mass is 35.5. The second-order valence-corrected chi connectivity index (χ2v) is 11.8. The van der Waals surface area contributed by atoms with Crippen molar-refractivity contribution >= 4 is 23.6 Å². The molecule has 2 aromatic rings. The van der Waals surface area contributed by atoms with Gasteiger partial charge < -0.3 is 25.0 Å². The number of nitrogens with one attached hydrogen (secondary N) is 2. The van der Waals surface area contributed by atoms with Crippen molar-refractivity contribution in [2.45, 2.75) is 58.0 Å². The zero-order valence-electron chi connectivity index (χ0n) is 24.8. The van der Waals surface area contributed by atoms with Crippen LogP contribution in [0.15, 0.2) is 42.5 Å². The molecule has 224 valence electrons. The largest absolute Gasteiger partial charge is 0.453 e. The van der Waals surface area contributed by atoms with Crippen molar-refractivity contribution in [3.8, 4) is 11.1 Å². The van der Waals surface area contributed by atoms with Crippen LogP contribution in [0.4, 0.5) is 4.79 Å². The van der Waals surface area contributed by atoms with E-state index in [-0.39, 0.29) is 17.9 Å². The molecule has 2 aromatic carbocycles. The number of likely N-dealkylation sites (tertiary alicyclic amines) is 1. The van der Waals surface area contributed by atoms with E-state index in [0.717, 1.165) is 74.7 Å². The highest BCUT2D eigenvalue weighted by molar-refractivity contribution is 6.33. The molecule has 2 amide bonds. The van der Waals surface area contributed by atoms with Crippen molar-refractivity contribution in [3.63, 3.8) is 0 Å². The lowest BCUT2D eigenvalue weighted by Gasteiger charge is -2.40. The smallest absolute Gasteiger partial charge is 0.406 e. The molecule has 2 fully saturated rings. The topological polar surface area (TPSA) is 79.9 Å². The van der Waals surface area contributed by atoms with E-state index >= 15 is 0 Å². The molecule has 1 saturated heterocycles. The molecule has 0 radical (unpaired) electrons. The SMILES string of the molecule is CCc1cccc(-c2c(Cl)cccc2C(OCCNC(=O)OC)C2CCCN(C(=O)C3CCC(CNC)CC3)C2)c1. The zero-order chi connectivity index (χ0) is 29.2. The van der Waals surface area contributed by atoms with Gasteiger partial charge in [0.25, 0.3) is 0 Å². The molecule has 0 spiro atoms. The number of carbonyl (C=O) groups is 2. The Bertz CT molecular complexity index is 1150. The number of aryl methyl sites for hydroxylation is 1. The number of halogens is 1. The third-order valence-corrected chi connectivity index (χ3v) is 9.03. The summed E-state index contributed by atoms with van der Waals surface area (Å²) in [5, 5.41) is 6.68.